The predicted molar refractivity (Wildman–Crippen MR) is 83.4 cm³/mol. The molecular formula is C17H30N2O2. The van der Waals surface area contributed by atoms with Crippen LogP contribution in [0, 0.1) is 5.41 Å². The molecule has 4 nitrogen and oxygen atoms in total. The van der Waals surface area contributed by atoms with Crippen LogP contribution >= 0.6 is 0 Å². The van der Waals surface area contributed by atoms with Crippen LogP contribution in [0.1, 0.15) is 57.8 Å². The van der Waals surface area contributed by atoms with Gasteiger partial charge in [0.2, 0.25) is 0 Å². The largest absolute Gasteiger partial charge is 0.481 e. The number of rotatable bonds is 3. The Hall–Kier alpha value is -0.610. The molecule has 1 N–H and O–H groups in total. The minimum atomic E-state index is -0.549. The summed E-state index contributed by atoms with van der Waals surface area (Å²) >= 11 is 0. The Balaban J connectivity index is 1.69. The minimum Gasteiger partial charge on any atom is -0.481 e. The molecule has 2 atom stereocenters. The van der Waals surface area contributed by atoms with Crippen LogP contribution in [-0.2, 0) is 4.79 Å². The average Bonchev–Trinajstić information content (AvgIpc) is 2.63. The summed E-state index contributed by atoms with van der Waals surface area (Å²) in [6.07, 6.45) is 10.2. The highest BCUT2D eigenvalue weighted by molar-refractivity contribution is 5.75. The van der Waals surface area contributed by atoms with Crippen LogP contribution in [0.4, 0.5) is 0 Å². The Bertz CT molecular complexity index is 377. The number of carboxylic acids is 1. The molecule has 0 spiro atoms. The Morgan fingerprint density at radius 2 is 1.76 bits per heavy atom. The maximum absolute atomic E-state index is 12.0. The summed E-state index contributed by atoms with van der Waals surface area (Å²) in [7, 11) is 2.25. The van der Waals surface area contributed by atoms with E-state index in [0.29, 0.717) is 6.04 Å². The van der Waals surface area contributed by atoms with Gasteiger partial charge in [-0.3, -0.25) is 9.69 Å². The van der Waals surface area contributed by atoms with Crippen LogP contribution in [0.25, 0.3) is 0 Å². The lowest BCUT2D eigenvalue weighted by Crippen LogP contribution is -2.46. The van der Waals surface area contributed by atoms with Gasteiger partial charge in [-0.25, -0.2) is 0 Å². The van der Waals surface area contributed by atoms with Crippen molar-refractivity contribution in [3.8, 4) is 0 Å². The summed E-state index contributed by atoms with van der Waals surface area (Å²) < 4.78 is 0. The van der Waals surface area contributed by atoms with E-state index in [-0.39, 0.29) is 0 Å². The highest BCUT2D eigenvalue weighted by Gasteiger charge is 2.42. The van der Waals surface area contributed by atoms with E-state index in [4.69, 9.17) is 0 Å². The number of aliphatic carboxylic acids is 1. The zero-order valence-electron chi connectivity index (χ0n) is 13.4. The molecule has 2 bridgehead atoms. The van der Waals surface area contributed by atoms with Gasteiger partial charge in [0.15, 0.2) is 0 Å². The van der Waals surface area contributed by atoms with Crippen molar-refractivity contribution in [3.05, 3.63) is 0 Å². The first kappa shape index (κ1) is 15.3. The maximum Gasteiger partial charge on any atom is 0.310 e. The number of carboxylic acid groups (broad SMARTS) is 1. The molecule has 4 heteroatoms. The number of likely N-dealkylation sites (tertiary alicyclic amines) is 1. The molecule has 2 unspecified atom stereocenters. The highest BCUT2D eigenvalue weighted by atomic mass is 16.4. The first-order valence-corrected chi connectivity index (χ1v) is 8.78. The summed E-state index contributed by atoms with van der Waals surface area (Å²) in [5.41, 5.74) is -0.474. The molecule has 0 aromatic heterocycles. The average molecular weight is 294 g/mol. The second-order valence-electron chi connectivity index (χ2n) is 7.57. The summed E-state index contributed by atoms with van der Waals surface area (Å²) in [5.74, 6) is -0.549. The third-order valence-corrected chi connectivity index (χ3v) is 6.27. The molecule has 2 heterocycles. The lowest BCUT2D eigenvalue weighted by molar-refractivity contribution is -0.151. The zero-order chi connectivity index (χ0) is 14.9. The van der Waals surface area contributed by atoms with Crippen molar-refractivity contribution in [3.63, 3.8) is 0 Å². The van der Waals surface area contributed by atoms with Gasteiger partial charge >= 0.3 is 5.97 Å². The molecule has 120 valence electrons. The molecule has 0 aromatic carbocycles. The molecule has 2 aliphatic heterocycles. The van der Waals surface area contributed by atoms with E-state index in [2.05, 4.69) is 16.8 Å². The summed E-state index contributed by atoms with van der Waals surface area (Å²) in [6.45, 7) is 2.93. The normalized spacial score (nSPS) is 34.3. The Morgan fingerprint density at radius 3 is 2.43 bits per heavy atom. The number of nitrogens with zero attached hydrogens (tertiary/aromatic N) is 2. The fourth-order valence-electron chi connectivity index (χ4n) is 4.80. The van der Waals surface area contributed by atoms with E-state index in [9.17, 15) is 9.90 Å². The van der Waals surface area contributed by atoms with E-state index >= 15 is 0 Å². The van der Waals surface area contributed by atoms with Gasteiger partial charge < -0.3 is 10.0 Å². The van der Waals surface area contributed by atoms with Crippen molar-refractivity contribution in [2.45, 2.75) is 69.9 Å². The van der Waals surface area contributed by atoms with Crippen LogP contribution < -0.4 is 0 Å². The Kier molecular flexibility index (Phi) is 4.55. The number of likely N-dealkylation sites (N-methyl/N-ethyl adjacent to an activating group) is 1. The lowest BCUT2D eigenvalue weighted by atomic mass is 9.79. The van der Waals surface area contributed by atoms with Crippen molar-refractivity contribution >= 4 is 5.97 Å². The van der Waals surface area contributed by atoms with Gasteiger partial charge in [-0.15, -0.1) is 0 Å². The molecule has 0 radical (unpaired) electrons. The van der Waals surface area contributed by atoms with Gasteiger partial charge in [0.1, 0.15) is 0 Å². The Labute approximate surface area is 128 Å². The monoisotopic (exact) mass is 294 g/mol. The third kappa shape index (κ3) is 3.11. The number of hydrogen-bond donors (Lipinski definition) is 1. The Morgan fingerprint density at radius 1 is 1.10 bits per heavy atom. The lowest BCUT2D eigenvalue weighted by Gasteiger charge is -2.35. The summed E-state index contributed by atoms with van der Waals surface area (Å²) in [4.78, 5) is 17.0. The molecule has 0 aromatic rings. The minimum absolute atomic E-state index is 0.474. The summed E-state index contributed by atoms with van der Waals surface area (Å²) in [5, 5.41) is 9.86. The maximum atomic E-state index is 12.0. The molecule has 3 rings (SSSR count). The topological polar surface area (TPSA) is 43.8 Å². The van der Waals surface area contributed by atoms with E-state index in [0.717, 1.165) is 51.4 Å². The summed E-state index contributed by atoms with van der Waals surface area (Å²) in [6, 6.07) is 1.38. The molecule has 0 amide bonds. The second-order valence-corrected chi connectivity index (χ2v) is 7.57. The quantitative estimate of drug-likeness (QED) is 0.813. The van der Waals surface area contributed by atoms with Gasteiger partial charge in [-0.1, -0.05) is 25.7 Å². The van der Waals surface area contributed by atoms with Gasteiger partial charge in [-0.05, 0) is 45.7 Å². The van der Waals surface area contributed by atoms with E-state index in [1.54, 1.807) is 0 Å². The molecule has 1 aliphatic carbocycles. The van der Waals surface area contributed by atoms with Crippen LogP contribution in [-0.4, -0.2) is 59.6 Å². The number of hydrogen-bond acceptors (Lipinski definition) is 3. The SMILES string of the molecule is CN1C2CCC1CN(CC1(C(=O)O)CCCCCC1)CC2. The van der Waals surface area contributed by atoms with Crippen molar-refractivity contribution in [1.82, 2.24) is 9.80 Å². The van der Waals surface area contributed by atoms with Gasteiger partial charge in [-0.2, -0.15) is 0 Å². The van der Waals surface area contributed by atoms with E-state index < -0.39 is 11.4 Å². The van der Waals surface area contributed by atoms with E-state index in [1.807, 2.05) is 0 Å². The molecule has 21 heavy (non-hydrogen) atoms. The van der Waals surface area contributed by atoms with Crippen LogP contribution in [0.5, 0.6) is 0 Å². The smallest absolute Gasteiger partial charge is 0.310 e. The molecule has 1 saturated carbocycles. The fraction of sp³-hybridized carbons (Fsp3) is 0.941. The second kappa shape index (κ2) is 6.25. The van der Waals surface area contributed by atoms with Crippen LogP contribution in [0.2, 0.25) is 0 Å². The van der Waals surface area contributed by atoms with Crippen molar-refractivity contribution in [1.29, 1.82) is 0 Å². The molecular weight excluding hydrogens is 264 g/mol. The molecule has 3 fully saturated rings. The van der Waals surface area contributed by atoms with Gasteiger partial charge in [0.05, 0.1) is 5.41 Å². The first-order chi connectivity index (χ1) is 10.1. The first-order valence-electron chi connectivity index (χ1n) is 8.78. The predicted octanol–water partition coefficient (Wildman–Crippen LogP) is 2.58. The fourth-order valence-corrected chi connectivity index (χ4v) is 4.80. The third-order valence-electron chi connectivity index (χ3n) is 6.27. The van der Waals surface area contributed by atoms with Gasteiger partial charge in [0.25, 0.3) is 0 Å². The molecule has 2 saturated heterocycles. The number of carbonyl (C=O) groups is 1. The van der Waals surface area contributed by atoms with Crippen molar-refractivity contribution < 1.29 is 9.90 Å². The zero-order valence-corrected chi connectivity index (χ0v) is 13.4. The van der Waals surface area contributed by atoms with E-state index in [1.165, 1.54) is 32.1 Å². The highest BCUT2D eigenvalue weighted by Crippen LogP contribution is 2.37. The number of fused-ring (bicyclic) bond motifs is 2. The van der Waals surface area contributed by atoms with Crippen molar-refractivity contribution in [2.24, 2.45) is 5.41 Å². The molecule has 3 aliphatic rings. The van der Waals surface area contributed by atoms with Gasteiger partial charge in [0, 0.05) is 25.2 Å². The van der Waals surface area contributed by atoms with Crippen LogP contribution in [0.15, 0.2) is 0 Å². The van der Waals surface area contributed by atoms with Crippen molar-refractivity contribution in [2.75, 3.05) is 26.7 Å². The standard InChI is InChI=1S/C17H30N2O2/c1-18-14-6-7-15(18)12-19(11-8-14)13-17(16(20)21)9-4-2-3-5-10-17/h14-15H,2-13H2,1H3,(H,20,21). The van der Waals surface area contributed by atoms with Crippen LogP contribution in [0.3, 0.4) is 0 Å².